The first kappa shape index (κ1) is 21.6. The molecule has 33 heavy (non-hydrogen) atoms. The van der Waals surface area contributed by atoms with Gasteiger partial charge in [-0.15, -0.1) is 6.58 Å². The van der Waals surface area contributed by atoms with Gasteiger partial charge in [-0.3, -0.25) is 24.6 Å². The summed E-state index contributed by atoms with van der Waals surface area (Å²) < 4.78 is 0. The molecule has 0 radical (unpaired) electrons. The fraction of sp³-hybridized carbons (Fsp3) is 0.370. The summed E-state index contributed by atoms with van der Waals surface area (Å²) in [4.78, 5) is 44.6. The Bertz CT molecular complexity index is 1110. The van der Waals surface area contributed by atoms with Gasteiger partial charge >= 0.3 is 0 Å². The second-order valence-electron chi connectivity index (χ2n) is 9.17. The van der Waals surface area contributed by atoms with Crippen LogP contribution < -0.4 is 10.2 Å². The molecule has 0 aromatic heterocycles. The molecule has 5 rings (SSSR count). The number of rotatable bonds is 7. The van der Waals surface area contributed by atoms with E-state index in [9.17, 15) is 14.4 Å². The van der Waals surface area contributed by atoms with E-state index in [-0.39, 0.29) is 30.3 Å². The van der Waals surface area contributed by atoms with E-state index in [1.807, 2.05) is 54.6 Å². The number of anilines is 1. The molecule has 3 amide bonds. The van der Waals surface area contributed by atoms with Crippen LogP contribution in [0.15, 0.2) is 67.3 Å². The highest BCUT2D eigenvalue weighted by atomic mass is 16.2. The molecule has 3 heterocycles. The highest BCUT2D eigenvalue weighted by Crippen LogP contribution is 2.55. The van der Waals surface area contributed by atoms with Gasteiger partial charge in [0.05, 0.1) is 18.4 Å². The number of hydrogen-bond donors (Lipinski definition) is 1. The van der Waals surface area contributed by atoms with Gasteiger partial charge in [-0.25, -0.2) is 0 Å². The van der Waals surface area contributed by atoms with Crippen LogP contribution in [0.1, 0.15) is 37.3 Å². The first-order valence-electron chi connectivity index (χ1n) is 11.7. The van der Waals surface area contributed by atoms with Crippen molar-refractivity contribution in [2.75, 3.05) is 11.4 Å². The van der Waals surface area contributed by atoms with E-state index in [2.05, 4.69) is 18.8 Å². The van der Waals surface area contributed by atoms with Crippen molar-refractivity contribution in [1.82, 2.24) is 10.2 Å². The van der Waals surface area contributed by atoms with Gasteiger partial charge in [-0.1, -0.05) is 74.4 Å². The second-order valence-corrected chi connectivity index (χ2v) is 9.17. The summed E-state index contributed by atoms with van der Waals surface area (Å²) in [5, 5.41) is 3.55. The maximum absolute atomic E-state index is 14.0. The van der Waals surface area contributed by atoms with E-state index in [0.29, 0.717) is 6.54 Å². The Balaban J connectivity index is 1.61. The predicted molar refractivity (Wildman–Crippen MR) is 126 cm³/mol. The average molecular weight is 444 g/mol. The summed E-state index contributed by atoms with van der Waals surface area (Å²) in [7, 11) is 0. The first-order valence-corrected chi connectivity index (χ1v) is 11.7. The Kier molecular flexibility index (Phi) is 5.41. The molecule has 6 heteroatoms. The van der Waals surface area contributed by atoms with E-state index >= 15 is 0 Å². The minimum Gasteiger partial charge on any atom is -0.306 e. The molecule has 2 fully saturated rings. The first-order chi connectivity index (χ1) is 16.0. The molecule has 6 nitrogen and oxygen atoms in total. The number of imide groups is 1. The Morgan fingerprint density at radius 3 is 2.45 bits per heavy atom. The molecule has 1 N–H and O–H groups in total. The minimum atomic E-state index is -1.22. The highest BCUT2D eigenvalue weighted by molar-refractivity contribution is 6.16. The SMILES string of the molecule is C=CCN1C(=O)[C@]2(N[C@@H](CCCC)[C@H]3C(=O)N(Cc4ccccc4)C(=O)[C@H]32)c2ccccc21. The monoisotopic (exact) mass is 443 g/mol. The molecule has 4 atom stereocenters. The van der Waals surface area contributed by atoms with Crippen LogP contribution in [0.3, 0.4) is 0 Å². The molecule has 170 valence electrons. The molecule has 3 aliphatic rings. The van der Waals surface area contributed by atoms with Crippen LogP contribution in [0.2, 0.25) is 0 Å². The minimum absolute atomic E-state index is 0.166. The number of carbonyl (C=O) groups is 3. The summed E-state index contributed by atoms with van der Waals surface area (Å²) in [5.74, 6) is -1.90. The van der Waals surface area contributed by atoms with Crippen LogP contribution in [0, 0.1) is 11.8 Å². The van der Waals surface area contributed by atoms with Crippen molar-refractivity contribution in [3.63, 3.8) is 0 Å². The largest absolute Gasteiger partial charge is 0.306 e. The van der Waals surface area contributed by atoms with Crippen LogP contribution >= 0.6 is 0 Å². The zero-order valence-electron chi connectivity index (χ0n) is 18.9. The van der Waals surface area contributed by atoms with Gasteiger partial charge in [-0.05, 0) is 18.1 Å². The van der Waals surface area contributed by atoms with Gasteiger partial charge in [0.15, 0.2) is 0 Å². The van der Waals surface area contributed by atoms with E-state index in [4.69, 9.17) is 0 Å². The number of benzene rings is 2. The van der Waals surface area contributed by atoms with Crippen molar-refractivity contribution in [2.45, 2.75) is 44.3 Å². The lowest BCUT2D eigenvalue weighted by Gasteiger charge is -2.30. The van der Waals surface area contributed by atoms with Crippen LogP contribution in [0.5, 0.6) is 0 Å². The highest BCUT2D eigenvalue weighted by Gasteiger charge is 2.71. The molecule has 2 aromatic carbocycles. The maximum Gasteiger partial charge on any atom is 0.253 e. The summed E-state index contributed by atoms with van der Waals surface area (Å²) in [6, 6.07) is 16.9. The van der Waals surface area contributed by atoms with Gasteiger partial charge in [0, 0.05) is 23.8 Å². The number of nitrogens with one attached hydrogen (secondary N) is 1. The number of unbranched alkanes of at least 4 members (excludes halogenated alkanes) is 1. The smallest absolute Gasteiger partial charge is 0.253 e. The lowest BCUT2D eigenvalue weighted by molar-refractivity contribution is -0.143. The average Bonchev–Trinajstić information content (AvgIpc) is 3.39. The number of amides is 3. The van der Waals surface area contributed by atoms with E-state index in [1.54, 1.807) is 11.0 Å². The lowest BCUT2D eigenvalue weighted by atomic mass is 9.76. The van der Waals surface area contributed by atoms with Crippen LogP contribution in [-0.4, -0.2) is 35.2 Å². The molecule has 3 aliphatic heterocycles. The van der Waals surface area contributed by atoms with Crippen molar-refractivity contribution in [3.8, 4) is 0 Å². The molecular formula is C27H29N3O3. The van der Waals surface area contributed by atoms with Gasteiger partial charge < -0.3 is 4.90 Å². The molecule has 0 aliphatic carbocycles. The summed E-state index contributed by atoms with van der Waals surface area (Å²) in [6.45, 7) is 6.50. The van der Waals surface area contributed by atoms with Crippen LogP contribution in [-0.2, 0) is 26.5 Å². The summed E-state index contributed by atoms with van der Waals surface area (Å²) in [5.41, 5.74) is 1.25. The quantitative estimate of drug-likeness (QED) is 0.526. The summed E-state index contributed by atoms with van der Waals surface area (Å²) >= 11 is 0. The van der Waals surface area contributed by atoms with Crippen molar-refractivity contribution in [3.05, 3.63) is 78.4 Å². The number of para-hydroxylation sites is 1. The van der Waals surface area contributed by atoms with Crippen molar-refractivity contribution >= 4 is 23.4 Å². The standard InChI is InChI=1S/C27H29N3O3/c1-3-5-14-20-22-23(25(32)30(24(22)31)17-18-11-7-6-8-12-18)27(28-20)19-13-9-10-15-21(19)29(16-4-2)26(27)33/h4,6-13,15,20,22-23,28H,2-3,5,14,16-17H2,1H3/t20-,22+,23-,27-/m0/s1. The third kappa shape index (κ3) is 3.08. The Morgan fingerprint density at radius 2 is 1.73 bits per heavy atom. The zero-order chi connectivity index (χ0) is 23.2. The molecule has 1 spiro atoms. The van der Waals surface area contributed by atoms with E-state index in [0.717, 1.165) is 36.1 Å². The Morgan fingerprint density at radius 1 is 1.00 bits per heavy atom. The second kappa shape index (κ2) is 8.27. The third-order valence-electron chi connectivity index (χ3n) is 7.32. The van der Waals surface area contributed by atoms with E-state index in [1.165, 1.54) is 4.90 Å². The zero-order valence-corrected chi connectivity index (χ0v) is 18.9. The maximum atomic E-state index is 14.0. The molecule has 0 unspecified atom stereocenters. The number of carbonyl (C=O) groups excluding carboxylic acids is 3. The van der Waals surface area contributed by atoms with Crippen molar-refractivity contribution < 1.29 is 14.4 Å². The number of fused-ring (bicyclic) bond motifs is 4. The predicted octanol–water partition coefficient (Wildman–Crippen LogP) is 3.38. The fourth-order valence-corrected chi connectivity index (χ4v) is 5.91. The normalized spacial score (nSPS) is 28.0. The lowest BCUT2D eigenvalue weighted by Crippen LogP contribution is -2.55. The molecule has 0 saturated carbocycles. The number of likely N-dealkylation sites (tertiary alicyclic amines) is 1. The van der Waals surface area contributed by atoms with Crippen molar-refractivity contribution in [2.24, 2.45) is 11.8 Å². The van der Waals surface area contributed by atoms with Gasteiger partial charge in [-0.2, -0.15) is 0 Å². The third-order valence-corrected chi connectivity index (χ3v) is 7.32. The summed E-state index contributed by atoms with van der Waals surface area (Å²) in [6.07, 6.45) is 4.33. The topological polar surface area (TPSA) is 69.7 Å². The Hall–Kier alpha value is -3.25. The van der Waals surface area contributed by atoms with Crippen LogP contribution in [0.4, 0.5) is 5.69 Å². The van der Waals surface area contributed by atoms with Gasteiger partial charge in [0.2, 0.25) is 11.8 Å². The van der Waals surface area contributed by atoms with Gasteiger partial charge in [0.1, 0.15) is 5.54 Å². The van der Waals surface area contributed by atoms with E-state index < -0.39 is 17.4 Å². The number of nitrogens with zero attached hydrogens (tertiary/aromatic N) is 2. The Labute approximate surface area is 194 Å². The van der Waals surface area contributed by atoms with Crippen LogP contribution in [0.25, 0.3) is 0 Å². The molecular weight excluding hydrogens is 414 g/mol. The molecule has 0 bridgehead atoms. The fourth-order valence-electron chi connectivity index (χ4n) is 5.91. The molecule has 2 saturated heterocycles. The number of hydrogen-bond acceptors (Lipinski definition) is 4. The van der Waals surface area contributed by atoms with Gasteiger partial charge in [0.25, 0.3) is 5.91 Å². The van der Waals surface area contributed by atoms with Crippen molar-refractivity contribution in [1.29, 1.82) is 0 Å². The molecule has 2 aromatic rings.